The van der Waals surface area contributed by atoms with Gasteiger partial charge in [-0.05, 0) is 44.2 Å². The lowest BCUT2D eigenvalue weighted by Gasteiger charge is -2.14. The largest absolute Gasteiger partial charge is 0.493 e. The fourth-order valence-electron chi connectivity index (χ4n) is 2.07. The van der Waals surface area contributed by atoms with Crippen LogP contribution in [-0.4, -0.2) is 25.3 Å². The van der Waals surface area contributed by atoms with Crippen LogP contribution in [0.25, 0.3) is 0 Å². The van der Waals surface area contributed by atoms with Crippen molar-refractivity contribution in [1.29, 1.82) is 0 Å². The van der Waals surface area contributed by atoms with Gasteiger partial charge in [0, 0.05) is 0 Å². The average Bonchev–Trinajstić information content (AvgIpc) is 2.29. The van der Waals surface area contributed by atoms with Gasteiger partial charge < -0.3 is 4.74 Å². The van der Waals surface area contributed by atoms with E-state index >= 15 is 0 Å². The maximum absolute atomic E-state index is 10.6. The fourth-order valence-corrected chi connectivity index (χ4v) is 2.64. The molecule has 0 aliphatic rings. The van der Waals surface area contributed by atoms with Gasteiger partial charge in [-0.3, -0.25) is 4.55 Å². The Morgan fingerprint density at radius 3 is 2.47 bits per heavy atom. The molecule has 0 amide bonds. The number of hydrogen-bond donors (Lipinski definition) is 1. The summed E-state index contributed by atoms with van der Waals surface area (Å²) < 4.78 is 35.5. The van der Waals surface area contributed by atoms with E-state index in [-0.39, 0.29) is 5.75 Å². The zero-order chi connectivity index (χ0) is 14.5. The van der Waals surface area contributed by atoms with Gasteiger partial charge in [-0.1, -0.05) is 24.6 Å². The van der Waals surface area contributed by atoms with Crippen molar-refractivity contribution in [3.63, 3.8) is 0 Å². The second kappa shape index (κ2) is 6.91. The molecule has 0 atom stereocenters. The van der Waals surface area contributed by atoms with E-state index in [1.54, 1.807) is 0 Å². The van der Waals surface area contributed by atoms with Crippen LogP contribution in [0.5, 0.6) is 5.75 Å². The molecule has 0 fully saturated rings. The number of aryl methyl sites for hydroxylation is 3. The number of ether oxygens (including phenoxy) is 1. The van der Waals surface area contributed by atoms with Gasteiger partial charge in [0.15, 0.2) is 0 Å². The van der Waals surface area contributed by atoms with Crippen molar-refractivity contribution in [1.82, 2.24) is 0 Å². The summed E-state index contributed by atoms with van der Waals surface area (Å²) >= 11 is 0. The average molecular weight is 286 g/mol. The first-order valence-electron chi connectivity index (χ1n) is 6.51. The van der Waals surface area contributed by atoms with E-state index < -0.39 is 10.1 Å². The molecule has 0 aromatic heterocycles. The molecule has 1 aromatic rings. The Morgan fingerprint density at radius 2 is 1.89 bits per heavy atom. The van der Waals surface area contributed by atoms with Crippen LogP contribution in [0.15, 0.2) is 12.1 Å². The Balaban J connectivity index is 2.54. The third-order valence-electron chi connectivity index (χ3n) is 2.92. The second-order valence-electron chi connectivity index (χ2n) is 4.77. The number of hydrogen-bond acceptors (Lipinski definition) is 3. The van der Waals surface area contributed by atoms with E-state index in [0.717, 1.165) is 17.7 Å². The molecule has 0 unspecified atom stereocenters. The summed E-state index contributed by atoms with van der Waals surface area (Å²) in [7, 11) is -3.85. The molecule has 4 nitrogen and oxygen atoms in total. The van der Waals surface area contributed by atoms with Crippen molar-refractivity contribution in [3.05, 3.63) is 28.8 Å². The lowest BCUT2D eigenvalue weighted by atomic mass is 10.0. The summed E-state index contributed by atoms with van der Waals surface area (Å²) in [6, 6.07) is 4.19. The predicted molar refractivity (Wildman–Crippen MR) is 76.4 cm³/mol. The third kappa shape index (κ3) is 5.61. The molecule has 0 aliphatic heterocycles. The van der Waals surface area contributed by atoms with Gasteiger partial charge in [0.05, 0.1) is 12.4 Å². The molecule has 1 N–H and O–H groups in total. The Labute approximate surface area is 115 Å². The molecule has 108 valence electrons. The maximum atomic E-state index is 10.6. The molecule has 19 heavy (non-hydrogen) atoms. The number of rotatable bonds is 7. The van der Waals surface area contributed by atoms with Crippen LogP contribution in [-0.2, 0) is 16.5 Å². The van der Waals surface area contributed by atoms with Crippen molar-refractivity contribution < 1.29 is 17.7 Å². The highest BCUT2D eigenvalue weighted by Crippen LogP contribution is 2.26. The number of benzene rings is 1. The molecule has 0 heterocycles. The van der Waals surface area contributed by atoms with E-state index in [4.69, 9.17) is 9.29 Å². The van der Waals surface area contributed by atoms with Gasteiger partial charge in [0.25, 0.3) is 10.1 Å². The van der Waals surface area contributed by atoms with Crippen LogP contribution in [0.3, 0.4) is 0 Å². The second-order valence-corrected chi connectivity index (χ2v) is 6.34. The van der Waals surface area contributed by atoms with E-state index in [1.807, 2.05) is 6.92 Å². The van der Waals surface area contributed by atoms with Gasteiger partial charge in [-0.25, -0.2) is 0 Å². The van der Waals surface area contributed by atoms with E-state index in [9.17, 15) is 8.42 Å². The van der Waals surface area contributed by atoms with Crippen molar-refractivity contribution in [2.24, 2.45) is 0 Å². The first-order valence-corrected chi connectivity index (χ1v) is 8.12. The molecule has 0 spiro atoms. The monoisotopic (exact) mass is 286 g/mol. The zero-order valence-electron chi connectivity index (χ0n) is 11.8. The highest BCUT2D eigenvalue weighted by atomic mass is 32.2. The fraction of sp³-hybridized carbons (Fsp3) is 0.571. The van der Waals surface area contributed by atoms with Gasteiger partial charge in [-0.2, -0.15) is 8.42 Å². The normalized spacial score (nSPS) is 11.6. The summed E-state index contributed by atoms with van der Waals surface area (Å²) in [5, 5.41) is 0. The molecule has 1 aromatic carbocycles. The number of unbranched alkanes of at least 4 members (excludes halogenated alkanes) is 1. The Bertz CT molecular complexity index is 520. The minimum absolute atomic E-state index is 0.204. The van der Waals surface area contributed by atoms with Crippen LogP contribution in [0.2, 0.25) is 0 Å². The highest BCUT2D eigenvalue weighted by Gasteiger charge is 2.08. The standard InChI is InChI=1S/C14H22O4S/c1-4-13-10-11(2)9-12(3)14(13)18-7-5-6-8-19(15,16)17/h9-10H,4-8H2,1-3H3,(H,15,16,17). The van der Waals surface area contributed by atoms with Crippen molar-refractivity contribution in [3.8, 4) is 5.75 Å². The van der Waals surface area contributed by atoms with Crippen molar-refractivity contribution in [2.45, 2.75) is 40.0 Å². The molecule has 1 rings (SSSR count). The van der Waals surface area contributed by atoms with Gasteiger partial charge in [-0.15, -0.1) is 0 Å². The van der Waals surface area contributed by atoms with Crippen molar-refractivity contribution >= 4 is 10.1 Å². The SMILES string of the molecule is CCc1cc(C)cc(C)c1OCCCCS(=O)(=O)O. The Kier molecular flexibility index (Phi) is 5.82. The Morgan fingerprint density at radius 1 is 1.21 bits per heavy atom. The van der Waals surface area contributed by atoms with Crippen molar-refractivity contribution in [2.75, 3.05) is 12.4 Å². The Hall–Kier alpha value is -1.07. The van der Waals surface area contributed by atoms with E-state index in [2.05, 4.69) is 26.0 Å². The zero-order valence-corrected chi connectivity index (χ0v) is 12.6. The highest BCUT2D eigenvalue weighted by molar-refractivity contribution is 7.85. The topological polar surface area (TPSA) is 63.6 Å². The van der Waals surface area contributed by atoms with Crippen LogP contribution in [0.4, 0.5) is 0 Å². The van der Waals surface area contributed by atoms with E-state index in [0.29, 0.717) is 19.4 Å². The lowest BCUT2D eigenvalue weighted by Crippen LogP contribution is -2.07. The van der Waals surface area contributed by atoms with Gasteiger partial charge in [0.2, 0.25) is 0 Å². The summed E-state index contributed by atoms with van der Waals surface area (Å²) in [5.74, 6) is 0.698. The predicted octanol–water partition coefficient (Wildman–Crippen LogP) is 2.91. The molecule has 0 saturated heterocycles. The van der Waals surface area contributed by atoms with Crippen LogP contribution < -0.4 is 4.74 Å². The quantitative estimate of drug-likeness (QED) is 0.618. The first kappa shape index (κ1) is 16.0. The van der Waals surface area contributed by atoms with Crippen LogP contribution >= 0.6 is 0 Å². The van der Waals surface area contributed by atoms with Gasteiger partial charge in [0.1, 0.15) is 5.75 Å². The molecule has 0 radical (unpaired) electrons. The maximum Gasteiger partial charge on any atom is 0.264 e. The third-order valence-corrected chi connectivity index (χ3v) is 3.72. The minimum Gasteiger partial charge on any atom is -0.493 e. The molecule has 0 aliphatic carbocycles. The summed E-state index contributed by atoms with van der Waals surface area (Å²) in [6.07, 6.45) is 1.92. The minimum atomic E-state index is -3.85. The van der Waals surface area contributed by atoms with Gasteiger partial charge >= 0.3 is 0 Å². The molecular formula is C14H22O4S. The lowest BCUT2D eigenvalue weighted by molar-refractivity contribution is 0.304. The first-order chi connectivity index (χ1) is 8.83. The van der Waals surface area contributed by atoms with E-state index in [1.165, 1.54) is 11.1 Å². The smallest absolute Gasteiger partial charge is 0.264 e. The summed E-state index contributed by atoms with van der Waals surface area (Å²) in [5.41, 5.74) is 3.49. The summed E-state index contributed by atoms with van der Waals surface area (Å²) in [4.78, 5) is 0. The molecule has 5 heteroatoms. The summed E-state index contributed by atoms with van der Waals surface area (Å²) in [6.45, 7) is 6.62. The molecular weight excluding hydrogens is 264 g/mol. The molecule has 0 bridgehead atoms. The van der Waals surface area contributed by atoms with Crippen LogP contribution in [0.1, 0.15) is 36.5 Å². The van der Waals surface area contributed by atoms with Crippen LogP contribution in [0, 0.1) is 13.8 Å². The molecule has 0 saturated carbocycles.